The van der Waals surface area contributed by atoms with E-state index in [1.54, 1.807) is 0 Å². The zero-order chi connectivity index (χ0) is 19.7. The van der Waals surface area contributed by atoms with Crippen LogP contribution >= 0.6 is 15.9 Å². The first-order valence-corrected chi connectivity index (χ1v) is 9.45. The van der Waals surface area contributed by atoms with E-state index in [0.717, 1.165) is 26.9 Å². The summed E-state index contributed by atoms with van der Waals surface area (Å²) in [5.41, 5.74) is 15.6. The Morgan fingerprint density at radius 1 is 0.808 bits per heavy atom. The van der Waals surface area contributed by atoms with Gasteiger partial charge in [-0.2, -0.15) is 0 Å². The fourth-order valence-electron chi connectivity index (χ4n) is 2.60. The van der Waals surface area contributed by atoms with Gasteiger partial charge in [-0.3, -0.25) is 0 Å². The minimum atomic E-state index is -0.305. The van der Waals surface area contributed by atoms with Gasteiger partial charge >= 0.3 is 7.12 Å². The Hall–Kier alpha value is -1.50. The van der Waals surface area contributed by atoms with Gasteiger partial charge in [0.1, 0.15) is 0 Å². The van der Waals surface area contributed by atoms with Gasteiger partial charge in [-0.1, -0.05) is 22.0 Å². The summed E-state index contributed by atoms with van der Waals surface area (Å²) in [4.78, 5) is 0. The third-order valence-corrected chi connectivity index (χ3v) is 5.87. The van der Waals surface area contributed by atoms with Crippen LogP contribution in [0, 0.1) is 13.8 Å². The van der Waals surface area contributed by atoms with E-state index in [4.69, 9.17) is 20.8 Å². The van der Waals surface area contributed by atoms with Gasteiger partial charge in [0.2, 0.25) is 0 Å². The standard InChI is InChI=1S/C13H20BNO2.C7H8BrN/c1-9-8-10(15)6-7-11(9)14-16-12(2,3)13(4,5)17-14;1-5-4-6(9)2-3-7(5)8/h6-8H,15H2,1-5H3;2-4H,9H2,1H3. The Morgan fingerprint density at radius 2 is 1.27 bits per heavy atom. The van der Waals surface area contributed by atoms with Crippen LogP contribution < -0.4 is 16.9 Å². The van der Waals surface area contributed by atoms with Crippen molar-refractivity contribution in [3.63, 3.8) is 0 Å². The molecule has 2 aromatic carbocycles. The van der Waals surface area contributed by atoms with Gasteiger partial charge in [0, 0.05) is 15.8 Å². The zero-order valence-corrected chi connectivity index (χ0v) is 18.0. The van der Waals surface area contributed by atoms with Crippen LogP contribution in [0.5, 0.6) is 0 Å². The highest BCUT2D eigenvalue weighted by atomic mass is 79.9. The average Bonchev–Trinajstić information content (AvgIpc) is 2.72. The van der Waals surface area contributed by atoms with E-state index in [9.17, 15) is 0 Å². The molecule has 0 unspecified atom stereocenters. The fourth-order valence-corrected chi connectivity index (χ4v) is 2.85. The number of anilines is 2. The van der Waals surface area contributed by atoms with E-state index in [1.165, 1.54) is 5.56 Å². The van der Waals surface area contributed by atoms with Gasteiger partial charge in [0.05, 0.1) is 11.2 Å². The van der Waals surface area contributed by atoms with Crippen molar-refractivity contribution in [3.05, 3.63) is 52.0 Å². The number of hydrogen-bond acceptors (Lipinski definition) is 4. The molecular weight excluding hydrogens is 391 g/mol. The third-order valence-electron chi connectivity index (χ3n) is 4.98. The second kappa shape index (κ2) is 7.63. The van der Waals surface area contributed by atoms with Crippen molar-refractivity contribution in [1.29, 1.82) is 0 Å². The fraction of sp³-hybridized carbons (Fsp3) is 0.400. The summed E-state index contributed by atoms with van der Waals surface area (Å²) in [6.07, 6.45) is 0. The predicted octanol–water partition coefficient (Wildman–Crippen LogP) is 4.22. The van der Waals surface area contributed by atoms with E-state index >= 15 is 0 Å². The molecule has 0 aliphatic carbocycles. The van der Waals surface area contributed by atoms with Crippen molar-refractivity contribution in [1.82, 2.24) is 0 Å². The molecule has 0 amide bonds. The monoisotopic (exact) mass is 418 g/mol. The minimum absolute atomic E-state index is 0.300. The van der Waals surface area contributed by atoms with Crippen LogP contribution in [-0.2, 0) is 9.31 Å². The molecule has 4 N–H and O–H groups in total. The average molecular weight is 419 g/mol. The first-order valence-electron chi connectivity index (χ1n) is 8.66. The van der Waals surface area contributed by atoms with Gasteiger partial charge in [-0.05, 0) is 88.5 Å². The van der Waals surface area contributed by atoms with Crippen molar-refractivity contribution in [2.45, 2.75) is 52.7 Å². The van der Waals surface area contributed by atoms with E-state index in [1.807, 2.05) is 50.2 Å². The van der Waals surface area contributed by atoms with Crippen LogP contribution in [0.15, 0.2) is 40.9 Å². The molecule has 26 heavy (non-hydrogen) atoms. The molecular formula is C20H28BBrN2O2. The maximum Gasteiger partial charge on any atom is 0.495 e. The second-order valence-corrected chi connectivity index (χ2v) is 8.57. The van der Waals surface area contributed by atoms with Crippen LogP contribution in [0.3, 0.4) is 0 Å². The van der Waals surface area contributed by atoms with Crippen molar-refractivity contribution in [2.75, 3.05) is 11.5 Å². The number of nitrogen functional groups attached to an aromatic ring is 2. The minimum Gasteiger partial charge on any atom is -0.399 e. The molecule has 0 bridgehead atoms. The Labute approximate surface area is 165 Å². The van der Waals surface area contributed by atoms with Crippen LogP contribution in [-0.4, -0.2) is 18.3 Å². The molecule has 6 heteroatoms. The summed E-state index contributed by atoms with van der Waals surface area (Å²) in [5.74, 6) is 0. The van der Waals surface area contributed by atoms with Gasteiger partial charge in [-0.15, -0.1) is 0 Å². The summed E-state index contributed by atoms with van der Waals surface area (Å²) in [6.45, 7) is 12.3. The molecule has 140 valence electrons. The lowest BCUT2D eigenvalue weighted by molar-refractivity contribution is 0.00578. The van der Waals surface area contributed by atoms with Crippen molar-refractivity contribution in [3.8, 4) is 0 Å². The van der Waals surface area contributed by atoms with Crippen LogP contribution in [0.4, 0.5) is 11.4 Å². The molecule has 1 fully saturated rings. The summed E-state index contributed by atoms with van der Waals surface area (Å²) in [6, 6.07) is 11.6. The maximum absolute atomic E-state index is 6.01. The molecule has 0 saturated carbocycles. The third kappa shape index (κ3) is 4.61. The summed E-state index contributed by atoms with van der Waals surface area (Å²) >= 11 is 3.37. The van der Waals surface area contributed by atoms with E-state index in [2.05, 4.69) is 43.6 Å². The molecule has 1 saturated heterocycles. The molecule has 3 rings (SSSR count). The first kappa shape index (κ1) is 20.8. The Kier molecular flexibility index (Phi) is 6.11. The quantitative estimate of drug-likeness (QED) is 0.537. The number of nitrogens with two attached hydrogens (primary N) is 2. The molecule has 0 aromatic heterocycles. The predicted molar refractivity (Wildman–Crippen MR) is 115 cm³/mol. The highest BCUT2D eigenvalue weighted by Crippen LogP contribution is 2.36. The number of aryl methyl sites for hydroxylation is 2. The van der Waals surface area contributed by atoms with Gasteiger partial charge in [0.15, 0.2) is 0 Å². The van der Waals surface area contributed by atoms with Crippen molar-refractivity contribution < 1.29 is 9.31 Å². The zero-order valence-electron chi connectivity index (χ0n) is 16.4. The molecule has 0 radical (unpaired) electrons. The van der Waals surface area contributed by atoms with E-state index in [-0.39, 0.29) is 18.3 Å². The van der Waals surface area contributed by atoms with Gasteiger partial charge in [0.25, 0.3) is 0 Å². The molecule has 1 aliphatic rings. The molecule has 0 atom stereocenters. The largest absolute Gasteiger partial charge is 0.495 e. The SMILES string of the molecule is Cc1cc(N)ccc1B1OC(C)(C)C(C)(C)O1.Cc1cc(N)ccc1Br. The maximum atomic E-state index is 6.01. The lowest BCUT2D eigenvalue weighted by atomic mass is 9.76. The Morgan fingerprint density at radius 3 is 1.69 bits per heavy atom. The molecule has 4 nitrogen and oxygen atoms in total. The molecule has 1 aliphatic heterocycles. The number of rotatable bonds is 1. The Balaban J connectivity index is 0.000000228. The summed E-state index contributed by atoms with van der Waals surface area (Å²) in [7, 11) is -0.305. The normalized spacial score (nSPS) is 17.6. The topological polar surface area (TPSA) is 70.5 Å². The number of halogens is 1. The highest BCUT2D eigenvalue weighted by molar-refractivity contribution is 9.10. The molecule has 0 spiro atoms. The second-order valence-electron chi connectivity index (χ2n) is 7.71. The highest BCUT2D eigenvalue weighted by Gasteiger charge is 2.51. The molecule has 2 aromatic rings. The number of benzene rings is 2. The van der Waals surface area contributed by atoms with Crippen molar-refractivity contribution >= 4 is 39.9 Å². The van der Waals surface area contributed by atoms with Crippen LogP contribution in [0.2, 0.25) is 0 Å². The first-order chi connectivity index (χ1) is 11.9. The summed E-state index contributed by atoms with van der Waals surface area (Å²) < 4.78 is 13.1. The lowest BCUT2D eigenvalue weighted by Gasteiger charge is -2.32. The molecule has 1 heterocycles. The van der Waals surface area contributed by atoms with Crippen molar-refractivity contribution in [2.24, 2.45) is 0 Å². The van der Waals surface area contributed by atoms with Crippen LogP contribution in [0.1, 0.15) is 38.8 Å². The van der Waals surface area contributed by atoms with Crippen LogP contribution in [0.25, 0.3) is 0 Å². The van der Waals surface area contributed by atoms with Gasteiger partial charge < -0.3 is 20.8 Å². The lowest BCUT2D eigenvalue weighted by Crippen LogP contribution is -2.41. The summed E-state index contributed by atoms with van der Waals surface area (Å²) in [5, 5.41) is 0. The smallest absolute Gasteiger partial charge is 0.399 e. The number of hydrogen-bond donors (Lipinski definition) is 2. The van der Waals surface area contributed by atoms with E-state index < -0.39 is 0 Å². The van der Waals surface area contributed by atoms with E-state index in [0.29, 0.717) is 0 Å². The Bertz CT molecular complexity index is 777. The van der Waals surface area contributed by atoms with Gasteiger partial charge in [-0.25, -0.2) is 0 Å².